The van der Waals surface area contributed by atoms with Gasteiger partial charge in [0.05, 0.1) is 18.6 Å². The zero-order chi connectivity index (χ0) is 18.3. The van der Waals surface area contributed by atoms with Crippen molar-refractivity contribution in [1.82, 2.24) is 5.32 Å². The number of nitrogens with one attached hydrogen (secondary N) is 1. The van der Waals surface area contributed by atoms with Gasteiger partial charge in [-0.25, -0.2) is 8.42 Å². The Morgan fingerprint density at radius 2 is 1.72 bits per heavy atom. The molecule has 0 aliphatic heterocycles. The quantitative estimate of drug-likeness (QED) is 0.781. The van der Waals surface area contributed by atoms with Gasteiger partial charge in [-0.2, -0.15) is 0 Å². The Kier molecular flexibility index (Phi) is 6.41. The van der Waals surface area contributed by atoms with Crippen molar-refractivity contribution < 1.29 is 17.9 Å². The monoisotopic (exact) mass is 362 g/mol. The Balaban J connectivity index is 1.84. The summed E-state index contributed by atoms with van der Waals surface area (Å²) in [7, 11) is -0.471. The largest absolute Gasteiger partial charge is 0.497 e. The smallest absolute Gasteiger partial charge is 0.235 e. The van der Waals surface area contributed by atoms with Gasteiger partial charge in [-0.05, 0) is 29.8 Å². The summed E-state index contributed by atoms with van der Waals surface area (Å²) in [5.41, 5.74) is 1.49. The summed E-state index contributed by atoms with van der Waals surface area (Å²) < 4.78 is 30.9. The van der Waals surface area contributed by atoms with Gasteiger partial charge in [-0.3, -0.25) is 9.10 Å². The molecule has 0 radical (unpaired) electrons. The Morgan fingerprint density at radius 1 is 1.08 bits per heavy atom. The predicted octanol–water partition coefficient (Wildman–Crippen LogP) is 2.17. The van der Waals surface area contributed by atoms with E-state index < -0.39 is 10.0 Å². The molecule has 7 heteroatoms. The number of hydrogen-bond donors (Lipinski definition) is 1. The van der Waals surface area contributed by atoms with E-state index in [9.17, 15) is 13.2 Å². The molecule has 0 bridgehead atoms. The maximum atomic E-state index is 12.3. The number of sulfonamides is 1. The van der Waals surface area contributed by atoms with Gasteiger partial charge in [0.2, 0.25) is 15.9 Å². The number of carbonyl (C=O) groups excluding carboxylic acids is 1. The second kappa shape index (κ2) is 8.53. The average Bonchev–Trinajstić information content (AvgIpc) is 2.65. The maximum Gasteiger partial charge on any atom is 0.235 e. The molecule has 2 aromatic rings. The third-order valence-corrected chi connectivity index (χ3v) is 5.54. The molecule has 0 aliphatic carbocycles. The Labute approximate surface area is 148 Å². The minimum Gasteiger partial charge on any atom is -0.497 e. The molecule has 25 heavy (non-hydrogen) atoms. The predicted molar refractivity (Wildman–Crippen MR) is 98.1 cm³/mol. The number of hydrogen-bond acceptors (Lipinski definition) is 4. The van der Waals surface area contributed by atoms with E-state index in [1.807, 2.05) is 18.2 Å². The molecular weight excluding hydrogens is 340 g/mol. The molecule has 0 aromatic heterocycles. The van der Waals surface area contributed by atoms with Gasteiger partial charge in [0.1, 0.15) is 5.75 Å². The standard InChI is InChI=1S/C18H22N2O4S/c1-20(16-6-4-3-5-7-16)25(22,23)13-12-18(21)19-14-15-8-10-17(24-2)11-9-15/h3-11H,12-14H2,1-2H3,(H,19,21). The molecule has 0 aliphatic rings. The van der Waals surface area contributed by atoms with Crippen LogP contribution in [0.2, 0.25) is 0 Å². The van der Waals surface area contributed by atoms with E-state index >= 15 is 0 Å². The molecule has 0 spiro atoms. The lowest BCUT2D eigenvalue weighted by Crippen LogP contribution is -2.32. The molecule has 134 valence electrons. The minimum atomic E-state index is -3.54. The van der Waals surface area contributed by atoms with Crippen molar-refractivity contribution in [2.45, 2.75) is 13.0 Å². The highest BCUT2D eigenvalue weighted by molar-refractivity contribution is 7.92. The lowest BCUT2D eigenvalue weighted by atomic mass is 10.2. The SMILES string of the molecule is COc1ccc(CNC(=O)CCS(=O)(=O)N(C)c2ccccc2)cc1. The number of rotatable bonds is 8. The molecule has 0 saturated carbocycles. The van der Waals surface area contributed by atoms with Crippen molar-refractivity contribution in [3.8, 4) is 5.75 Å². The molecule has 1 N–H and O–H groups in total. The van der Waals surface area contributed by atoms with E-state index in [4.69, 9.17) is 4.74 Å². The van der Waals surface area contributed by atoms with Crippen LogP contribution < -0.4 is 14.4 Å². The molecular formula is C18H22N2O4S. The topological polar surface area (TPSA) is 75.7 Å². The summed E-state index contributed by atoms with van der Waals surface area (Å²) in [4.78, 5) is 11.9. The Morgan fingerprint density at radius 3 is 2.32 bits per heavy atom. The van der Waals surface area contributed by atoms with Crippen LogP contribution in [0.3, 0.4) is 0 Å². The van der Waals surface area contributed by atoms with Crippen LogP contribution >= 0.6 is 0 Å². The van der Waals surface area contributed by atoms with Crippen molar-refractivity contribution in [2.75, 3.05) is 24.2 Å². The van der Waals surface area contributed by atoms with Gasteiger partial charge in [0, 0.05) is 20.0 Å². The highest BCUT2D eigenvalue weighted by Gasteiger charge is 2.19. The van der Waals surface area contributed by atoms with Crippen molar-refractivity contribution in [3.63, 3.8) is 0 Å². The minimum absolute atomic E-state index is 0.0876. The Bertz CT molecular complexity index is 790. The summed E-state index contributed by atoms with van der Waals surface area (Å²) in [6.45, 7) is 0.345. The van der Waals surface area contributed by atoms with Crippen LogP contribution in [0.15, 0.2) is 54.6 Å². The average molecular weight is 362 g/mol. The zero-order valence-corrected chi connectivity index (χ0v) is 15.1. The molecule has 0 unspecified atom stereocenters. The number of methoxy groups -OCH3 is 1. The molecule has 2 rings (SSSR count). The summed E-state index contributed by atoms with van der Waals surface area (Å²) in [5, 5.41) is 2.72. The lowest BCUT2D eigenvalue weighted by Gasteiger charge is -2.19. The molecule has 6 nitrogen and oxygen atoms in total. The molecule has 0 fully saturated rings. The molecule has 1 amide bonds. The number of benzene rings is 2. The first-order chi connectivity index (χ1) is 11.9. The summed E-state index contributed by atoms with van der Waals surface area (Å²) in [5.74, 6) is 0.193. The Hall–Kier alpha value is -2.54. The summed E-state index contributed by atoms with van der Waals surface area (Å²) >= 11 is 0. The van der Waals surface area contributed by atoms with Gasteiger partial charge >= 0.3 is 0 Å². The second-order valence-electron chi connectivity index (χ2n) is 5.49. The van der Waals surface area contributed by atoms with Crippen molar-refractivity contribution >= 4 is 21.6 Å². The van der Waals surface area contributed by atoms with Crippen LogP contribution in [-0.4, -0.2) is 34.2 Å². The molecule has 0 atom stereocenters. The van der Waals surface area contributed by atoms with Crippen LogP contribution in [0.5, 0.6) is 5.75 Å². The lowest BCUT2D eigenvalue weighted by molar-refractivity contribution is -0.120. The summed E-state index contributed by atoms with van der Waals surface area (Å²) in [6, 6.07) is 16.1. The van der Waals surface area contributed by atoms with Gasteiger partial charge in [-0.1, -0.05) is 30.3 Å². The van der Waals surface area contributed by atoms with E-state index in [0.717, 1.165) is 11.3 Å². The number of amides is 1. The first-order valence-corrected chi connectivity index (χ1v) is 9.44. The fourth-order valence-corrected chi connectivity index (χ4v) is 3.35. The highest BCUT2D eigenvalue weighted by Crippen LogP contribution is 2.16. The number of anilines is 1. The van der Waals surface area contributed by atoms with E-state index in [1.54, 1.807) is 43.5 Å². The highest BCUT2D eigenvalue weighted by atomic mass is 32.2. The molecule has 0 saturated heterocycles. The number of nitrogens with zero attached hydrogens (tertiary/aromatic N) is 1. The number of ether oxygens (including phenoxy) is 1. The van der Waals surface area contributed by atoms with Gasteiger partial charge < -0.3 is 10.1 Å². The second-order valence-corrected chi connectivity index (χ2v) is 7.61. The van der Waals surface area contributed by atoms with Crippen LogP contribution in [0.1, 0.15) is 12.0 Å². The van der Waals surface area contributed by atoms with Crippen LogP contribution in [0.25, 0.3) is 0 Å². The molecule has 2 aromatic carbocycles. The third-order valence-electron chi connectivity index (χ3n) is 3.77. The fourth-order valence-electron chi connectivity index (χ4n) is 2.19. The van der Waals surface area contributed by atoms with Crippen LogP contribution in [-0.2, 0) is 21.4 Å². The first kappa shape index (κ1) is 18.8. The van der Waals surface area contributed by atoms with E-state index in [0.29, 0.717) is 12.2 Å². The zero-order valence-electron chi connectivity index (χ0n) is 14.3. The van der Waals surface area contributed by atoms with E-state index in [2.05, 4.69) is 5.32 Å². The van der Waals surface area contributed by atoms with Gasteiger partial charge in [0.15, 0.2) is 0 Å². The summed E-state index contributed by atoms with van der Waals surface area (Å²) in [6.07, 6.45) is -0.0876. The number of carbonyl (C=O) groups is 1. The van der Waals surface area contributed by atoms with Gasteiger partial charge in [0.25, 0.3) is 0 Å². The van der Waals surface area contributed by atoms with Crippen LogP contribution in [0, 0.1) is 0 Å². The number of para-hydroxylation sites is 1. The van der Waals surface area contributed by atoms with Crippen molar-refractivity contribution in [2.24, 2.45) is 0 Å². The molecule has 0 heterocycles. The fraction of sp³-hybridized carbons (Fsp3) is 0.278. The van der Waals surface area contributed by atoms with E-state index in [1.165, 1.54) is 11.4 Å². The normalized spacial score (nSPS) is 11.0. The first-order valence-electron chi connectivity index (χ1n) is 7.83. The van der Waals surface area contributed by atoms with Crippen LogP contribution in [0.4, 0.5) is 5.69 Å². The van der Waals surface area contributed by atoms with Crippen molar-refractivity contribution in [3.05, 3.63) is 60.2 Å². The van der Waals surface area contributed by atoms with E-state index in [-0.39, 0.29) is 18.1 Å². The van der Waals surface area contributed by atoms with Gasteiger partial charge in [-0.15, -0.1) is 0 Å². The maximum absolute atomic E-state index is 12.3. The third kappa shape index (κ3) is 5.49. The van der Waals surface area contributed by atoms with Crippen molar-refractivity contribution in [1.29, 1.82) is 0 Å².